The lowest BCUT2D eigenvalue weighted by molar-refractivity contribution is -0.122. The molecular formula is C12H13N5O2S. The summed E-state index contributed by atoms with van der Waals surface area (Å²) in [6.45, 7) is 0.556. The van der Waals surface area contributed by atoms with Crippen molar-refractivity contribution in [2.75, 3.05) is 6.61 Å². The summed E-state index contributed by atoms with van der Waals surface area (Å²) in [5.74, 6) is 5.67. The second kappa shape index (κ2) is 7.37. The highest BCUT2D eigenvalue weighted by atomic mass is 32.1. The van der Waals surface area contributed by atoms with E-state index < -0.39 is 0 Å². The van der Waals surface area contributed by atoms with Crippen molar-refractivity contribution in [1.29, 1.82) is 0 Å². The molecule has 0 aliphatic carbocycles. The van der Waals surface area contributed by atoms with Crippen molar-refractivity contribution in [3.63, 3.8) is 0 Å². The molecule has 7 nitrogen and oxygen atoms in total. The van der Waals surface area contributed by atoms with E-state index in [0.29, 0.717) is 13.0 Å². The van der Waals surface area contributed by atoms with Gasteiger partial charge in [0.15, 0.2) is 0 Å². The fourth-order valence-electron chi connectivity index (χ4n) is 1.44. The van der Waals surface area contributed by atoms with Crippen LogP contribution in [-0.4, -0.2) is 37.8 Å². The molecule has 2 aromatic rings. The van der Waals surface area contributed by atoms with E-state index in [9.17, 15) is 4.79 Å². The minimum atomic E-state index is -0.167. The molecule has 104 valence electrons. The molecule has 0 saturated heterocycles. The van der Waals surface area contributed by atoms with Gasteiger partial charge >= 0.3 is 0 Å². The van der Waals surface area contributed by atoms with Crippen LogP contribution in [0.25, 0.3) is 0 Å². The number of rotatable bonds is 5. The van der Waals surface area contributed by atoms with Gasteiger partial charge < -0.3 is 10.4 Å². The number of nitrogens with zero attached hydrogens (tertiary/aromatic N) is 4. The van der Waals surface area contributed by atoms with Crippen LogP contribution in [0, 0.1) is 11.8 Å². The molecule has 1 amide bonds. The number of nitrogens with one attached hydrogen (secondary N) is 1. The normalized spacial score (nSPS) is 9.85. The van der Waals surface area contributed by atoms with Gasteiger partial charge in [-0.15, -0.1) is 16.4 Å². The van der Waals surface area contributed by atoms with Gasteiger partial charge in [-0.2, -0.15) is 0 Å². The number of aromatic nitrogens is 4. The van der Waals surface area contributed by atoms with Crippen LogP contribution >= 0.6 is 11.3 Å². The van der Waals surface area contributed by atoms with Gasteiger partial charge in [0, 0.05) is 16.9 Å². The minimum absolute atomic E-state index is 0.0507. The van der Waals surface area contributed by atoms with Crippen LogP contribution in [0.4, 0.5) is 0 Å². The summed E-state index contributed by atoms with van der Waals surface area (Å²) in [5, 5.41) is 23.9. The Morgan fingerprint density at radius 3 is 3.20 bits per heavy atom. The summed E-state index contributed by atoms with van der Waals surface area (Å²) in [4.78, 5) is 12.7. The number of aliphatic hydroxyl groups excluding tert-OH is 1. The molecule has 20 heavy (non-hydrogen) atoms. The maximum absolute atomic E-state index is 11.7. The van der Waals surface area contributed by atoms with Crippen LogP contribution in [0.1, 0.15) is 16.9 Å². The van der Waals surface area contributed by atoms with Gasteiger partial charge in [-0.25, -0.2) is 4.68 Å². The molecule has 0 bridgehead atoms. The average Bonchev–Trinajstić information content (AvgIpc) is 3.08. The standard InChI is InChI=1S/C12H13N5O2S/c18-5-2-1-3-10-4-6-20-11(10)7-13-12(19)8-17-9-14-15-16-17/h4,6,9,18H,2,5,7-8H2,(H,13,19). The molecule has 0 spiro atoms. The van der Waals surface area contributed by atoms with E-state index in [2.05, 4.69) is 32.7 Å². The van der Waals surface area contributed by atoms with Crippen molar-refractivity contribution in [2.45, 2.75) is 19.5 Å². The SMILES string of the molecule is O=C(Cn1cnnn1)NCc1sccc1C#CCCO. The molecule has 0 unspecified atom stereocenters. The molecule has 2 heterocycles. The number of carbonyl (C=O) groups excluding carboxylic acids is 1. The van der Waals surface area contributed by atoms with E-state index in [-0.39, 0.29) is 19.1 Å². The first-order valence-corrected chi connectivity index (χ1v) is 6.81. The molecule has 0 atom stereocenters. The third-order valence-corrected chi connectivity index (χ3v) is 3.27. The lowest BCUT2D eigenvalue weighted by atomic mass is 10.2. The Kier molecular flexibility index (Phi) is 5.23. The molecule has 2 N–H and O–H groups in total. The van der Waals surface area contributed by atoms with E-state index in [1.54, 1.807) is 0 Å². The van der Waals surface area contributed by atoms with Gasteiger partial charge in [0.2, 0.25) is 5.91 Å². The van der Waals surface area contributed by atoms with E-state index in [0.717, 1.165) is 10.4 Å². The van der Waals surface area contributed by atoms with Gasteiger partial charge in [-0.3, -0.25) is 4.79 Å². The highest BCUT2D eigenvalue weighted by molar-refractivity contribution is 7.10. The largest absolute Gasteiger partial charge is 0.395 e. The van der Waals surface area contributed by atoms with Crippen LogP contribution in [0.2, 0.25) is 0 Å². The second-order valence-corrected chi connectivity index (χ2v) is 4.82. The zero-order chi connectivity index (χ0) is 14.2. The minimum Gasteiger partial charge on any atom is -0.395 e. The number of aliphatic hydroxyl groups is 1. The number of tetrazole rings is 1. The smallest absolute Gasteiger partial charge is 0.242 e. The molecule has 0 radical (unpaired) electrons. The summed E-state index contributed by atoms with van der Waals surface area (Å²) in [6, 6.07) is 1.90. The summed E-state index contributed by atoms with van der Waals surface area (Å²) in [7, 11) is 0. The summed E-state index contributed by atoms with van der Waals surface area (Å²) < 4.78 is 1.35. The summed E-state index contributed by atoms with van der Waals surface area (Å²) in [5.41, 5.74) is 0.881. The first kappa shape index (κ1) is 14.2. The Hall–Kier alpha value is -2.24. The zero-order valence-electron chi connectivity index (χ0n) is 10.6. The van der Waals surface area contributed by atoms with Crippen LogP contribution in [0.3, 0.4) is 0 Å². The number of hydrogen-bond acceptors (Lipinski definition) is 6. The van der Waals surface area contributed by atoms with Crippen molar-refractivity contribution in [3.8, 4) is 11.8 Å². The maximum atomic E-state index is 11.7. The third kappa shape index (κ3) is 4.15. The first-order valence-electron chi connectivity index (χ1n) is 5.93. The molecule has 0 fully saturated rings. The monoisotopic (exact) mass is 291 g/mol. The zero-order valence-corrected chi connectivity index (χ0v) is 11.4. The first-order chi connectivity index (χ1) is 9.79. The summed E-state index contributed by atoms with van der Waals surface area (Å²) in [6.07, 6.45) is 1.83. The van der Waals surface area contributed by atoms with E-state index >= 15 is 0 Å². The third-order valence-electron chi connectivity index (χ3n) is 2.35. The molecule has 0 saturated carbocycles. The van der Waals surface area contributed by atoms with Crippen molar-refractivity contribution >= 4 is 17.2 Å². The molecule has 0 aromatic carbocycles. The molecule has 2 rings (SSSR count). The van der Waals surface area contributed by atoms with Gasteiger partial charge in [-0.05, 0) is 21.9 Å². The van der Waals surface area contributed by atoms with E-state index in [1.165, 1.54) is 22.3 Å². The Balaban J connectivity index is 1.86. The van der Waals surface area contributed by atoms with Crippen molar-refractivity contribution in [2.24, 2.45) is 0 Å². The Bertz CT molecular complexity index is 611. The van der Waals surface area contributed by atoms with Crippen LogP contribution in [-0.2, 0) is 17.9 Å². The quantitative estimate of drug-likeness (QED) is 0.743. The van der Waals surface area contributed by atoms with E-state index in [4.69, 9.17) is 5.11 Å². The lowest BCUT2D eigenvalue weighted by Gasteiger charge is -2.03. The molecule has 0 aliphatic rings. The summed E-state index contributed by atoms with van der Waals surface area (Å²) >= 11 is 1.53. The Morgan fingerprint density at radius 2 is 2.45 bits per heavy atom. The predicted octanol–water partition coefficient (Wildman–Crippen LogP) is -0.215. The fourth-order valence-corrected chi connectivity index (χ4v) is 2.21. The van der Waals surface area contributed by atoms with Crippen LogP contribution in [0.15, 0.2) is 17.8 Å². The highest BCUT2D eigenvalue weighted by Crippen LogP contribution is 2.15. The van der Waals surface area contributed by atoms with Crippen molar-refractivity contribution in [1.82, 2.24) is 25.5 Å². The Labute approximate surface area is 119 Å². The number of carbonyl (C=O) groups is 1. The highest BCUT2D eigenvalue weighted by Gasteiger charge is 2.06. The fraction of sp³-hybridized carbons (Fsp3) is 0.333. The van der Waals surface area contributed by atoms with Gasteiger partial charge in [0.1, 0.15) is 12.9 Å². The average molecular weight is 291 g/mol. The van der Waals surface area contributed by atoms with Crippen LogP contribution < -0.4 is 5.32 Å². The van der Waals surface area contributed by atoms with Gasteiger partial charge in [0.25, 0.3) is 0 Å². The topological polar surface area (TPSA) is 92.9 Å². The van der Waals surface area contributed by atoms with Gasteiger partial charge in [-0.1, -0.05) is 11.8 Å². The Morgan fingerprint density at radius 1 is 1.55 bits per heavy atom. The molecule has 8 heteroatoms. The molecule has 2 aromatic heterocycles. The number of thiophene rings is 1. The molecule has 0 aliphatic heterocycles. The molecular weight excluding hydrogens is 278 g/mol. The maximum Gasteiger partial charge on any atom is 0.242 e. The van der Waals surface area contributed by atoms with E-state index in [1.807, 2.05) is 11.4 Å². The second-order valence-electron chi connectivity index (χ2n) is 3.82. The van der Waals surface area contributed by atoms with Crippen LogP contribution in [0.5, 0.6) is 0 Å². The predicted molar refractivity (Wildman–Crippen MR) is 72.6 cm³/mol. The van der Waals surface area contributed by atoms with Gasteiger partial charge in [0.05, 0.1) is 13.2 Å². The number of hydrogen-bond donors (Lipinski definition) is 2. The van der Waals surface area contributed by atoms with Crippen molar-refractivity contribution < 1.29 is 9.90 Å². The number of amides is 1. The lowest BCUT2D eigenvalue weighted by Crippen LogP contribution is -2.27. The van der Waals surface area contributed by atoms with Crippen molar-refractivity contribution in [3.05, 3.63) is 28.2 Å².